The zero-order valence-electron chi connectivity index (χ0n) is 9.60. The highest BCUT2D eigenvalue weighted by Crippen LogP contribution is 2.45. The van der Waals surface area contributed by atoms with Crippen molar-refractivity contribution >= 4 is 11.6 Å². The van der Waals surface area contributed by atoms with Crippen LogP contribution in [0.2, 0.25) is 5.02 Å². The molecule has 1 aromatic carbocycles. The number of nitrogens with one attached hydrogen (secondary N) is 1. The van der Waals surface area contributed by atoms with Gasteiger partial charge in [0.1, 0.15) is 0 Å². The second kappa shape index (κ2) is 3.80. The van der Waals surface area contributed by atoms with Gasteiger partial charge in [-0.25, -0.2) is 0 Å². The Kier molecular flexibility index (Phi) is 2.78. The Morgan fingerprint density at radius 3 is 2.87 bits per heavy atom. The number of benzene rings is 1. The summed E-state index contributed by atoms with van der Waals surface area (Å²) in [6.45, 7) is 7.78. The summed E-state index contributed by atoms with van der Waals surface area (Å²) in [5, 5.41) is 4.40. The first kappa shape index (κ1) is 11.0. The van der Waals surface area contributed by atoms with Crippen LogP contribution in [0.3, 0.4) is 0 Å². The second-order valence-corrected chi connectivity index (χ2v) is 5.44. The average Bonchev–Trinajstić information content (AvgIpc) is 2.39. The quantitative estimate of drug-likeness (QED) is 0.809. The third-order valence-electron chi connectivity index (χ3n) is 3.25. The second-order valence-electron chi connectivity index (χ2n) is 5.00. The molecule has 0 radical (unpaired) electrons. The van der Waals surface area contributed by atoms with Gasteiger partial charge in [-0.15, -0.1) is 0 Å². The Morgan fingerprint density at radius 2 is 2.20 bits per heavy atom. The zero-order chi connectivity index (χ0) is 11.1. The lowest BCUT2D eigenvalue weighted by Gasteiger charge is -2.28. The molecular weight excluding hydrogens is 206 g/mol. The summed E-state index contributed by atoms with van der Waals surface area (Å²) >= 11 is 6.05. The molecule has 2 rings (SSSR count). The first-order valence-electron chi connectivity index (χ1n) is 5.56. The van der Waals surface area contributed by atoms with Crippen LogP contribution in [0.1, 0.15) is 37.9 Å². The minimum atomic E-state index is 0.295. The third kappa shape index (κ3) is 1.91. The molecule has 0 saturated carbocycles. The number of hydrogen-bond donors (Lipinski definition) is 1. The van der Waals surface area contributed by atoms with Gasteiger partial charge in [0.2, 0.25) is 0 Å². The highest BCUT2D eigenvalue weighted by atomic mass is 35.5. The Balaban J connectivity index is 2.42. The minimum absolute atomic E-state index is 0.295. The Bertz CT molecular complexity index is 371. The van der Waals surface area contributed by atoms with Crippen molar-refractivity contribution in [3.05, 3.63) is 34.3 Å². The van der Waals surface area contributed by atoms with E-state index >= 15 is 0 Å². The lowest BCUT2D eigenvalue weighted by atomic mass is 9.85. The van der Waals surface area contributed by atoms with Crippen LogP contribution in [0.15, 0.2) is 18.2 Å². The van der Waals surface area contributed by atoms with E-state index in [2.05, 4.69) is 38.2 Å². The monoisotopic (exact) mass is 223 g/mol. The van der Waals surface area contributed by atoms with Gasteiger partial charge in [-0.2, -0.15) is 0 Å². The minimum Gasteiger partial charge on any atom is -0.310 e. The van der Waals surface area contributed by atoms with Gasteiger partial charge in [-0.3, -0.25) is 0 Å². The molecule has 1 atom stereocenters. The van der Waals surface area contributed by atoms with Crippen molar-refractivity contribution in [1.29, 1.82) is 0 Å². The van der Waals surface area contributed by atoms with Crippen molar-refractivity contribution in [3.63, 3.8) is 0 Å². The van der Waals surface area contributed by atoms with E-state index in [0.29, 0.717) is 11.5 Å². The molecule has 0 saturated heterocycles. The van der Waals surface area contributed by atoms with Crippen LogP contribution in [0.4, 0.5) is 0 Å². The summed E-state index contributed by atoms with van der Waals surface area (Å²) in [6, 6.07) is 6.71. The van der Waals surface area contributed by atoms with Gasteiger partial charge in [0.15, 0.2) is 0 Å². The van der Waals surface area contributed by atoms with Crippen molar-refractivity contribution in [2.45, 2.75) is 33.2 Å². The average molecular weight is 224 g/mol. The lowest BCUT2D eigenvalue weighted by molar-refractivity contribution is 0.273. The summed E-state index contributed by atoms with van der Waals surface area (Å²) in [5.41, 5.74) is 3.12. The molecule has 1 N–H and O–H groups in total. The molecule has 1 aliphatic rings. The molecule has 0 amide bonds. The maximum absolute atomic E-state index is 6.05. The van der Waals surface area contributed by atoms with E-state index in [0.717, 1.165) is 18.0 Å². The van der Waals surface area contributed by atoms with Crippen LogP contribution >= 0.6 is 11.6 Å². The molecular formula is C13H18ClN. The van der Waals surface area contributed by atoms with Gasteiger partial charge in [-0.05, 0) is 41.6 Å². The first-order chi connectivity index (χ1) is 7.04. The van der Waals surface area contributed by atoms with Gasteiger partial charge in [0, 0.05) is 11.1 Å². The van der Waals surface area contributed by atoms with E-state index < -0.39 is 0 Å². The maximum atomic E-state index is 6.05. The number of rotatable bonds is 2. The largest absolute Gasteiger partial charge is 0.310 e. The molecule has 1 nitrogen and oxygen atoms in total. The summed E-state index contributed by atoms with van der Waals surface area (Å²) in [5.74, 6) is 0. The van der Waals surface area contributed by atoms with Crippen molar-refractivity contribution in [1.82, 2.24) is 5.32 Å². The fourth-order valence-electron chi connectivity index (χ4n) is 2.60. The van der Waals surface area contributed by atoms with Crippen molar-refractivity contribution < 1.29 is 0 Å². The first-order valence-corrected chi connectivity index (χ1v) is 5.94. The van der Waals surface area contributed by atoms with Gasteiger partial charge in [0.25, 0.3) is 0 Å². The normalized spacial score (nSPS) is 22.8. The van der Waals surface area contributed by atoms with Gasteiger partial charge < -0.3 is 5.32 Å². The molecule has 0 aromatic heterocycles. The predicted octanol–water partition coefficient (Wildman–Crippen LogP) is 3.57. The molecule has 0 heterocycles. The van der Waals surface area contributed by atoms with E-state index in [-0.39, 0.29) is 0 Å². The zero-order valence-corrected chi connectivity index (χ0v) is 10.4. The van der Waals surface area contributed by atoms with Gasteiger partial charge in [-0.1, -0.05) is 38.4 Å². The van der Waals surface area contributed by atoms with Crippen molar-refractivity contribution in [2.24, 2.45) is 5.41 Å². The molecule has 0 spiro atoms. The summed E-state index contributed by atoms with van der Waals surface area (Å²) in [4.78, 5) is 0. The highest BCUT2D eigenvalue weighted by Gasteiger charge is 2.38. The molecule has 1 aliphatic carbocycles. The molecule has 0 fully saturated rings. The van der Waals surface area contributed by atoms with Crippen LogP contribution in [-0.2, 0) is 6.42 Å². The molecule has 0 aliphatic heterocycles. The van der Waals surface area contributed by atoms with E-state index in [1.165, 1.54) is 11.1 Å². The van der Waals surface area contributed by atoms with Gasteiger partial charge in [0.05, 0.1) is 0 Å². The number of hydrogen-bond acceptors (Lipinski definition) is 1. The van der Waals surface area contributed by atoms with Crippen LogP contribution < -0.4 is 5.32 Å². The Morgan fingerprint density at radius 1 is 1.47 bits per heavy atom. The van der Waals surface area contributed by atoms with Crippen LogP contribution in [0.25, 0.3) is 0 Å². The molecule has 15 heavy (non-hydrogen) atoms. The number of halogens is 1. The van der Waals surface area contributed by atoms with E-state index in [1.807, 2.05) is 6.07 Å². The lowest BCUT2D eigenvalue weighted by Crippen LogP contribution is -2.30. The van der Waals surface area contributed by atoms with Crippen molar-refractivity contribution in [3.8, 4) is 0 Å². The van der Waals surface area contributed by atoms with Crippen LogP contribution in [0.5, 0.6) is 0 Å². The molecule has 1 aromatic rings. The molecule has 2 heteroatoms. The fraction of sp³-hybridized carbons (Fsp3) is 0.538. The molecule has 1 unspecified atom stereocenters. The van der Waals surface area contributed by atoms with E-state index in [1.54, 1.807) is 0 Å². The maximum Gasteiger partial charge on any atom is 0.0409 e. The Labute approximate surface area is 96.8 Å². The SMILES string of the molecule is CCNC1c2cc(Cl)ccc2CC1(C)C. The summed E-state index contributed by atoms with van der Waals surface area (Å²) in [6.07, 6.45) is 1.14. The summed E-state index contributed by atoms with van der Waals surface area (Å²) in [7, 11) is 0. The predicted molar refractivity (Wildman–Crippen MR) is 65.4 cm³/mol. The smallest absolute Gasteiger partial charge is 0.0409 e. The van der Waals surface area contributed by atoms with E-state index in [9.17, 15) is 0 Å². The fourth-order valence-corrected chi connectivity index (χ4v) is 2.78. The summed E-state index contributed by atoms with van der Waals surface area (Å²) < 4.78 is 0. The van der Waals surface area contributed by atoms with Crippen LogP contribution in [0, 0.1) is 5.41 Å². The number of fused-ring (bicyclic) bond motifs is 1. The van der Waals surface area contributed by atoms with Crippen molar-refractivity contribution in [2.75, 3.05) is 6.54 Å². The third-order valence-corrected chi connectivity index (χ3v) is 3.49. The van der Waals surface area contributed by atoms with Gasteiger partial charge >= 0.3 is 0 Å². The molecule has 0 bridgehead atoms. The van der Waals surface area contributed by atoms with E-state index in [4.69, 9.17) is 11.6 Å². The highest BCUT2D eigenvalue weighted by molar-refractivity contribution is 6.30. The van der Waals surface area contributed by atoms with Crippen LogP contribution in [-0.4, -0.2) is 6.54 Å². The topological polar surface area (TPSA) is 12.0 Å². The Hall–Kier alpha value is -0.530. The molecule has 82 valence electrons. The standard InChI is InChI=1S/C13H18ClN/c1-4-15-12-11-7-10(14)6-5-9(11)8-13(12,2)3/h5-7,12,15H,4,8H2,1-3H3.